The van der Waals surface area contributed by atoms with Crippen LogP contribution in [0.15, 0.2) is 0 Å². The molecule has 1 heterocycles. The molecule has 1 atom stereocenters. The van der Waals surface area contributed by atoms with Crippen molar-refractivity contribution in [2.75, 3.05) is 6.54 Å². The molecule has 1 N–H and O–H groups in total. The van der Waals surface area contributed by atoms with Crippen molar-refractivity contribution in [3.8, 4) is 0 Å². The standard InChI is InChI=1S/C16H31N/c1-13(2)16(11-5-4-6-12-17-16)15-9-7-14(3)8-10-15/h13-15,17H,4-12H2,1-3H3. The van der Waals surface area contributed by atoms with Gasteiger partial charge in [0.2, 0.25) is 0 Å². The summed E-state index contributed by atoms with van der Waals surface area (Å²) in [5.41, 5.74) is 0.469. The summed E-state index contributed by atoms with van der Waals surface area (Å²) in [7, 11) is 0. The molecule has 100 valence electrons. The second kappa shape index (κ2) is 5.73. The van der Waals surface area contributed by atoms with Crippen molar-refractivity contribution < 1.29 is 0 Å². The molecule has 0 spiro atoms. The van der Waals surface area contributed by atoms with Gasteiger partial charge >= 0.3 is 0 Å². The molecule has 0 aromatic heterocycles. The van der Waals surface area contributed by atoms with Gasteiger partial charge in [0.05, 0.1) is 0 Å². The molecule has 1 saturated carbocycles. The van der Waals surface area contributed by atoms with Crippen LogP contribution in [0.1, 0.15) is 72.1 Å². The van der Waals surface area contributed by atoms with Gasteiger partial charge in [0, 0.05) is 5.54 Å². The van der Waals surface area contributed by atoms with Gasteiger partial charge in [0.15, 0.2) is 0 Å². The Bertz CT molecular complexity index is 218. The maximum atomic E-state index is 3.98. The van der Waals surface area contributed by atoms with E-state index in [9.17, 15) is 0 Å². The second-order valence-corrected chi connectivity index (χ2v) is 6.89. The minimum Gasteiger partial charge on any atom is -0.311 e. The molecular weight excluding hydrogens is 206 g/mol. The summed E-state index contributed by atoms with van der Waals surface area (Å²) in [5.74, 6) is 2.71. The molecule has 0 amide bonds. The van der Waals surface area contributed by atoms with Gasteiger partial charge in [0.1, 0.15) is 0 Å². The van der Waals surface area contributed by atoms with Crippen LogP contribution >= 0.6 is 0 Å². The molecule has 2 rings (SSSR count). The van der Waals surface area contributed by atoms with Gasteiger partial charge in [-0.25, -0.2) is 0 Å². The highest BCUT2D eigenvalue weighted by Crippen LogP contribution is 2.42. The van der Waals surface area contributed by atoms with E-state index in [1.807, 2.05) is 0 Å². The first-order valence-electron chi connectivity index (χ1n) is 7.90. The van der Waals surface area contributed by atoms with Crippen molar-refractivity contribution in [2.24, 2.45) is 17.8 Å². The summed E-state index contributed by atoms with van der Waals surface area (Å²) in [4.78, 5) is 0. The van der Waals surface area contributed by atoms with E-state index in [0.717, 1.165) is 17.8 Å². The Hall–Kier alpha value is -0.0400. The van der Waals surface area contributed by atoms with Crippen LogP contribution in [0.4, 0.5) is 0 Å². The van der Waals surface area contributed by atoms with E-state index < -0.39 is 0 Å². The van der Waals surface area contributed by atoms with Gasteiger partial charge in [-0.15, -0.1) is 0 Å². The normalized spacial score (nSPS) is 40.2. The van der Waals surface area contributed by atoms with Crippen LogP contribution in [0.5, 0.6) is 0 Å². The molecular formula is C16H31N. The zero-order valence-corrected chi connectivity index (χ0v) is 12.1. The van der Waals surface area contributed by atoms with E-state index in [4.69, 9.17) is 0 Å². The molecule has 0 radical (unpaired) electrons. The first-order valence-corrected chi connectivity index (χ1v) is 7.90. The van der Waals surface area contributed by atoms with Crippen molar-refractivity contribution >= 4 is 0 Å². The molecule has 1 aliphatic heterocycles. The molecule has 1 heteroatoms. The van der Waals surface area contributed by atoms with Gasteiger partial charge in [-0.05, 0) is 50.0 Å². The summed E-state index contributed by atoms with van der Waals surface area (Å²) >= 11 is 0. The summed E-state index contributed by atoms with van der Waals surface area (Å²) in [6.07, 6.45) is 11.5. The average molecular weight is 237 g/mol. The molecule has 1 unspecified atom stereocenters. The fraction of sp³-hybridized carbons (Fsp3) is 1.00. The topological polar surface area (TPSA) is 12.0 Å². The van der Waals surface area contributed by atoms with E-state index in [1.165, 1.54) is 57.9 Å². The largest absolute Gasteiger partial charge is 0.311 e. The Morgan fingerprint density at radius 3 is 2.35 bits per heavy atom. The molecule has 17 heavy (non-hydrogen) atoms. The lowest BCUT2D eigenvalue weighted by atomic mass is 9.65. The lowest BCUT2D eigenvalue weighted by Crippen LogP contribution is -2.55. The molecule has 2 fully saturated rings. The summed E-state index contributed by atoms with van der Waals surface area (Å²) < 4.78 is 0. The predicted octanol–water partition coefficient (Wildman–Crippen LogP) is 4.37. The number of rotatable bonds is 2. The lowest BCUT2D eigenvalue weighted by molar-refractivity contribution is 0.0912. The third kappa shape index (κ3) is 2.86. The lowest BCUT2D eigenvalue weighted by Gasteiger charge is -2.47. The van der Waals surface area contributed by atoms with Gasteiger partial charge in [0.25, 0.3) is 0 Å². The zero-order valence-electron chi connectivity index (χ0n) is 12.1. The van der Waals surface area contributed by atoms with Gasteiger partial charge in [-0.2, -0.15) is 0 Å². The Balaban J connectivity index is 2.09. The van der Waals surface area contributed by atoms with Crippen LogP contribution in [0.25, 0.3) is 0 Å². The van der Waals surface area contributed by atoms with E-state index in [0.29, 0.717) is 5.54 Å². The van der Waals surface area contributed by atoms with E-state index in [1.54, 1.807) is 0 Å². The Morgan fingerprint density at radius 2 is 1.71 bits per heavy atom. The minimum atomic E-state index is 0.469. The fourth-order valence-corrected chi connectivity index (χ4v) is 4.22. The third-order valence-corrected chi connectivity index (χ3v) is 5.50. The molecule has 0 aromatic carbocycles. The molecule has 1 saturated heterocycles. The van der Waals surface area contributed by atoms with Crippen LogP contribution in [0, 0.1) is 17.8 Å². The highest BCUT2D eigenvalue weighted by Gasteiger charge is 2.42. The quantitative estimate of drug-likeness (QED) is 0.752. The van der Waals surface area contributed by atoms with Gasteiger partial charge in [-0.3, -0.25) is 0 Å². The molecule has 2 aliphatic rings. The van der Waals surface area contributed by atoms with Crippen LogP contribution in [0.3, 0.4) is 0 Å². The molecule has 1 aliphatic carbocycles. The Morgan fingerprint density at radius 1 is 1.00 bits per heavy atom. The monoisotopic (exact) mass is 237 g/mol. The fourth-order valence-electron chi connectivity index (χ4n) is 4.22. The van der Waals surface area contributed by atoms with Crippen molar-refractivity contribution in [1.29, 1.82) is 0 Å². The second-order valence-electron chi connectivity index (χ2n) is 6.89. The van der Waals surface area contributed by atoms with Crippen LogP contribution < -0.4 is 5.32 Å². The van der Waals surface area contributed by atoms with Crippen molar-refractivity contribution in [1.82, 2.24) is 5.32 Å². The third-order valence-electron chi connectivity index (χ3n) is 5.50. The Kier molecular flexibility index (Phi) is 4.52. The smallest absolute Gasteiger partial charge is 0.0232 e. The van der Waals surface area contributed by atoms with Crippen molar-refractivity contribution in [3.05, 3.63) is 0 Å². The maximum Gasteiger partial charge on any atom is 0.0232 e. The van der Waals surface area contributed by atoms with E-state index >= 15 is 0 Å². The van der Waals surface area contributed by atoms with Gasteiger partial charge < -0.3 is 5.32 Å². The highest BCUT2D eigenvalue weighted by atomic mass is 15.0. The van der Waals surface area contributed by atoms with E-state index in [-0.39, 0.29) is 0 Å². The molecule has 0 bridgehead atoms. The maximum absolute atomic E-state index is 3.98. The van der Waals surface area contributed by atoms with Gasteiger partial charge in [-0.1, -0.05) is 46.5 Å². The van der Waals surface area contributed by atoms with Crippen molar-refractivity contribution in [3.63, 3.8) is 0 Å². The molecule has 1 nitrogen and oxygen atoms in total. The van der Waals surface area contributed by atoms with Crippen molar-refractivity contribution in [2.45, 2.75) is 77.7 Å². The minimum absolute atomic E-state index is 0.469. The first-order chi connectivity index (χ1) is 8.15. The van der Waals surface area contributed by atoms with Crippen LogP contribution in [-0.2, 0) is 0 Å². The SMILES string of the molecule is CC1CCC(C2(C(C)C)CCCCCN2)CC1. The molecule has 0 aromatic rings. The average Bonchev–Trinajstić information content (AvgIpc) is 2.56. The predicted molar refractivity (Wildman–Crippen MR) is 75.2 cm³/mol. The number of hydrogen-bond donors (Lipinski definition) is 1. The first kappa shape index (κ1) is 13.4. The Labute approximate surface area is 108 Å². The van der Waals surface area contributed by atoms with Crippen LogP contribution in [0.2, 0.25) is 0 Å². The zero-order chi connectivity index (χ0) is 12.3. The van der Waals surface area contributed by atoms with E-state index in [2.05, 4.69) is 26.1 Å². The van der Waals surface area contributed by atoms with Crippen LogP contribution in [-0.4, -0.2) is 12.1 Å². The summed E-state index contributed by atoms with van der Waals surface area (Å²) in [6.45, 7) is 8.57. The number of hydrogen-bond acceptors (Lipinski definition) is 1. The number of nitrogens with one attached hydrogen (secondary N) is 1. The highest BCUT2D eigenvalue weighted by molar-refractivity contribution is 4.99. The summed E-state index contributed by atoms with van der Waals surface area (Å²) in [6, 6.07) is 0. The summed E-state index contributed by atoms with van der Waals surface area (Å²) in [5, 5.41) is 3.98.